The van der Waals surface area contributed by atoms with Crippen LogP contribution in [-0.4, -0.2) is 31.9 Å². The molecule has 2 aliphatic rings. The zero-order valence-corrected chi connectivity index (χ0v) is 16.8. The monoisotopic (exact) mass is 410 g/mol. The molecule has 2 aromatic rings. The van der Waals surface area contributed by atoms with Gasteiger partial charge in [0.05, 0.1) is 18.8 Å². The second-order valence-corrected chi connectivity index (χ2v) is 6.71. The zero-order valence-electron chi connectivity index (χ0n) is 16.8. The van der Waals surface area contributed by atoms with Gasteiger partial charge in [-0.15, -0.1) is 0 Å². The highest BCUT2D eigenvalue weighted by atomic mass is 16.7. The standard InChI is InChI=1S/C23H22O7/c1-3-26-22(24)18-19(23(25)27-4-2)21(30-20(18)14-8-6-5-7-9-14)15-10-11-16-17(12-15)29-13-28-16/h5-12,19,21H,3-4,13H2,1-2H3/t19-,21-/m0/s1. The summed E-state index contributed by atoms with van der Waals surface area (Å²) in [4.78, 5) is 25.9. The van der Waals surface area contributed by atoms with Gasteiger partial charge in [0.1, 0.15) is 17.8 Å². The Bertz CT molecular complexity index is 980. The average Bonchev–Trinajstić information content (AvgIpc) is 3.39. The summed E-state index contributed by atoms with van der Waals surface area (Å²) in [6, 6.07) is 14.5. The summed E-state index contributed by atoms with van der Waals surface area (Å²) >= 11 is 0. The molecule has 0 fully saturated rings. The zero-order chi connectivity index (χ0) is 21.1. The Morgan fingerprint density at radius 3 is 2.43 bits per heavy atom. The third-order valence-corrected chi connectivity index (χ3v) is 4.90. The predicted molar refractivity (Wildman–Crippen MR) is 107 cm³/mol. The van der Waals surface area contributed by atoms with Gasteiger partial charge in [-0.2, -0.15) is 0 Å². The first kappa shape index (κ1) is 19.8. The number of ether oxygens (including phenoxy) is 5. The molecule has 0 unspecified atom stereocenters. The molecule has 0 saturated heterocycles. The molecule has 0 spiro atoms. The van der Waals surface area contributed by atoms with E-state index in [1.165, 1.54) is 0 Å². The normalized spacial score (nSPS) is 19.4. The molecule has 0 amide bonds. The van der Waals surface area contributed by atoms with Gasteiger partial charge >= 0.3 is 11.9 Å². The second-order valence-electron chi connectivity index (χ2n) is 6.71. The van der Waals surface area contributed by atoms with E-state index in [0.29, 0.717) is 28.4 Å². The van der Waals surface area contributed by atoms with Crippen molar-refractivity contribution < 1.29 is 33.3 Å². The fourth-order valence-electron chi connectivity index (χ4n) is 3.62. The first-order valence-electron chi connectivity index (χ1n) is 9.83. The number of hydrogen-bond donors (Lipinski definition) is 0. The highest BCUT2D eigenvalue weighted by Crippen LogP contribution is 2.48. The van der Waals surface area contributed by atoms with Gasteiger partial charge in [0, 0.05) is 5.56 Å². The van der Waals surface area contributed by atoms with Gasteiger partial charge in [-0.1, -0.05) is 36.4 Å². The van der Waals surface area contributed by atoms with E-state index in [1.54, 1.807) is 32.0 Å². The van der Waals surface area contributed by atoms with E-state index >= 15 is 0 Å². The minimum Gasteiger partial charge on any atom is -0.483 e. The summed E-state index contributed by atoms with van der Waals surface area (Å²) in [5, 5.41) is 0. The maximum absolute atomic E-state index is 13.0. The van der Waals surface area contributed by atoms with E-state index in [4.69, 9.17) is 23.7 Å². The molecule has 4 rings (SSSR count). The predicted octanol–water partition coefficient (Wildman–Crippen LogP) is 3.64. The van der Waals surface area contributed by atoms with Gasteiger partial charge in [0.15, 0.2) is 11.5 Å². The SMILES string of the molecule is CCOC(=O)C1=C(c2ccccc2)O[C@@H](c2ccc3c(c2)OCO3)[C@H]1C(=O)OCC. The number of rotatable bonds is 6. The van der Waals surface area contributed by atoms with E-state index in [1.807, 2.05) is 30.3 Å². The number of fused-ring (bicyclic) bond motifs is 1. The first-order chi connectivity index (χ1) is 14.6. The van der Waals surface area contributed by atoms with Crippen LogP contribution in [0.2, 0.25) is 0 Å². The van der Waals surface area contributed by atoms with Gasteiger partial charge in [0.25, 0.3) is 0 Å². The Morgan fingerprint density at radius 2 is 1.70 bits per heavy atom. The van der Waals surface area contributed by atoms with Gasteiger partial charge in [-0.3, -0.25) is 4.79 Å². The van der Waals surface area contributed by atoms with Crippen molar-refractivity contribution in [2.24, 2.45) is 5.92 Å². The average molecular weight is 410 g/mol. The van der Waals surface area contributed by atoms with E-state index in [0.717, 1.165) is 0 Å². The van der Waals surface area contributed by atoms with Crippen LogP contribution < -0.4 is 9.47 Å². The van der Waals surface area contributed by atoms with Crippen LogP contribution in [0.1, 0.15) is 31.1 Å². The Morgan fingerprint density at radius 1 is 0.967 bits per heavy atom. The largest absolute Gasteiger partial charge is 0.483 e. The highest BCUT2D eigenvalue weighted by Gasteiger charge is 2.48. The van der Waals surface area contributed by atoms with Crippen molar-refractivity contribution in [2.75, 3.05) is 20.0 Å². The van der Waals surface area contributed by atoms with Crippen molar-refractivity contribution >= 4 is 17.7 Å². The highest BCUT2D eigenvalue weighted by molar-refractivity contribution is 6.03. The van der Waals surface area contributed by atoms with Crippen LogP contribution in [0.5, 0.6) is 11.5 Å². The van der Waals surface area contributed by atoms with Crippen LogP contribution in [0.25, 0.3) is 5.76 Å². The molecule has 0 aliphatic carbocycles. The van der Waals surface area contributed by atoms with Crippen molar-refractivity contribution in [3.8, 4) is 11.5 Å². The Balaban J connectivity index is 1.82. The lowest BCUT2D eigenvalue weighted by Crippen LogP contribution is -2.27. The van der Waals surface area contributed by atoms with Gasteiger partial charge in [0.2, 0.25) is 6.79 Å². The minimum atomic E-state index is -0.973. The molecule has 2 atom stereocenters. The summed E-state index contributed by atoms with van der Waals surface area (Å²) in [6.07, 6.45) is -0.770. The molecule has 0 aromatic heterocycles. The van der Waals surface area contributed by atoms with Crippen molar-refractivity contribution in [3.63, 3.8) is 0 Å². The van der Waals surface area contributed by atoms with Crippen LogP contribution >= 0.6 is 0 Å². The molecule has 2 heterocycles. The van der Waals surface area contributed by atoms with E-state index in [-0.39, 0.29) is 25.6 Å². The molecular weight excluding hydrogens is 388 g/mol. The molecule has 156 valence electrons. The molecule has 0 N–H and O–H groups in total. The fourth-order valence-corrected chi connectivity index (χ4v) is 3.62. The van der Waals surface area contributed by atoms with Gasteiger partial charge in [-0.25, -0.2) is 4.79 Å². The second kappa shape index (κ2) is 8.49. The molecule has 0 radical (unpaired) electrons. The summed E-state index contributed by atoms with van der Waals surface area (Å²) in [6.45, 7) is 3.92. The number of carbonyl (C=O) groups is 2. The Labute approximate surface area is 174 Å². The molecule has 2 aromatic carbocycles. The number of benzene rings is 2. The van der Waals surface area contributed by atoms with Crippen molar-refractivity contribution in [1.82, 2.24) is 0 Å². The van der Waals surface area contributed by atoms with Crippen molar-refractivity contribution in [1.29, 1.82) is 0 Å². The third-order valence-electron chi connectivity index (χ3n) is 4.90. The summed E-state index contributed by atoms with van der Waals surface area (Å²) in [5.41, 5.74) is 1.51. The third kappa shape index (κ3) is 3.58. The molecule has 30 heavy (non-hydrogen) atoms. The lowest BCUT2D eigenvalue weighted by Gasteiger charge is -2.20. The lowest BCUT2D eigenvalue weighted by atomic mass is 9.89. The topological polar surface area (TPSA) is 80.3 Å². The van der Waals surface area contributed by atoms with Crippen LogP contribution in [0.15, 0.2) is 54.1 Å². The molecule has 2 aliphatic heterocycles. The van der Waals surface area contributed by atoms with E-state index in [2.05, 4.69) is 0 Å². The van der Waals surface area contributed by atoms with E-state index in [9.17, 15) is 9.59 Å². The number of carbonyl (C=O) groups excluding carboxylic acids is 2. The summed E-state index contributed by atoms with van der Waals surface area (Å²) in [5.74, 6) is -0.628. The summed E-state index contributed by atoms with van der Waals surface area (Å²) < 4.78 is 27.6. The maximum atomic E-state index is 13.0. The van der Waals surface area contributed by atoms with Crippen LogP contribution in [0.4, 0.5) is 0 Å². The smallest absolute Gasteiger partial charge is 0.338 e. The molecular formula is C23H22O7. The molecule has 0 saturated carbocycles. The van der Waals surface area contributed by atoms with Crippen LogP contribution in [-0.2, 0) is 23.8 Å². The van der Waals surface area contributed by atoms with Crippen molar-refractivity contribution in [2.45, 2.75) is 20.0 Å². The maximum Gasteiger partial charge on any atom is 0.338 e. The summed E-state index contributed by atoms with van der Waals surface area (Å²) in [7, 11) is 0. The lowest BCUT2D eigenvalue weighted by molar-refractivity contribution is -0.152. The van der Waals surface area contributed by atoms with Gasteiger partial charge in [-0.05, 0) is 31.5 Å². The van der Waals surface area contributed by atoms with E-state index < -0.39 is 24.0 Å². The molecule has 0 bridgehead atoms. The molecule has 7 heteroatoms. The van der Waals surface area contributed by atoms with Crippen LogP contribution in [0, 0.1) is 5.92 Å². The quantitative estimate of drug-likeness (QED) is 0.673. The Kier molecular flexibility index (Phi) is 5.61. The molecule has 7 nitrogen and oxygen atoms in total. The fraction of sp³-hybridized carbons (Fsp3) is 0.304. The minimum absolute atomic E-state index is 0.132. The van der Waals surface area contributed by atoms with Gasteiger partial charge < -0.3 is 23.7 Å². The van der Waals surface area contributed by atoms with Crippen LogP contribution in [0.3, 0.4) is 0 Å². The first-order valence-corrected chi connectivity index (χ1v) is 9.83. The number of esters is 2. The van der Waals surface area contributed by atoms with Crippen molar-refractivity contribution in [3.05, 3.63) is 65.2 Å². The Hall–Kier alpha value is -3.48. The number of hydrogen-bond acceptors (Lipinski definition) is 7.